The summed E-state index contributed by atoms with van der Waals surface area (Å²) in [5.41, 5.74) is 1.26. The zero-order chi connectivity index (χ0) is 13.0. The van der Waals surface area contributed by atoms with Gasteiger partial charge in [-0.15, -0.1) is 0 Å². The molecule has 3 nitrogen and oxygen atoms in total. The molecule has 0 amide bonds. The Balaban J connectivity index is 2.24. The van der Waals surface area contributed by atoms with Gasteiger partial charge in [-0.25, -0.2) is 4.98 Å². The fraction of sp³-hybridized carbons (Fsp3) is 0.667. The first-order valence-electron chi connectivity index (χ1n) is 7.08. The maximum absolute atomic E-state index is 5.85. The third-order valence-corrected chi connectivity index (χ3v) is 3.53. The van der Waals surface area contributed by atoms with E-state index in [1.165, 1.54) is 31.4 Å². The van der Waals surface area contributed by atoms with E-state index in [-0.39, 0.29) is 6.10 Å². The Morgan fingerprint density at radius 1 is 1.44 bits per heavy atom. The predicted molar refractivity (Wildman–Crippen MR) is 73.8 cm³/mol. The molecule has 0 bridgehead atoms. The van der Waals surface area contributed by atoms with Crippen LogP contribution in [0.3, 0.4) is 0 Å². The van der Waals surface area contributed by atoms with Gasteiger partial charge in [0.25, 0.3) is 0 Å². The first-order valence-corrected chi connectivity index (χ1v) is 7.08. The summed E-state index contributed by atoms with van der Waals surface area (Å²) in [6.45, 7) is 8.63. The molecule has 0 aliphatic carbocycles. The quantitative estimate of drug-likeness (QED) is 0.816. The van der Waals surface area contributed by atoms with Crippen molar-refractivity contribution in [2.45, 2.75) is 52.2 Å². The smallest absolute Gasteiger partial charge is 0.218 e. The van der Waals surface area contributed by atoms with Crippen LogP contribution in [0, 0.1) is 0 Å². The van der Waals surface area contributed by atoms with Gasteiger partial charge in [0, 0.05) is 17.8 Å². The van der Waals surface area contributed by atoms with E-state index in [2.05, 4.69) is 36.7 Å². The van der Waals surface area contributed by atoms with E-state index < -0.39 is 0 Å². The van der Waals surface area contributed by atoms with Crippen LogP contribution in [0.2, 0.25) is 0 Å². The zero-order valence-electron chi connectivity index (χ0n) is 11.7. The molecule has 1 aromatic heterocycles. The molecule has 18 heavy (non-hydrogen) atoms. The van der Waals surface area contributed by atoms with E-state index in [4.69, 9.17) is 4.74 Å². The Hall–Kier alpha value is -1.09. The highest BCUT2D eigenvalue weighted by Crippen LogP contribution is 2.34. The fourth-order valence-electron chi connectivity index (χ4n) is 2.70. The highest BCUT2D eigenvalue weighted by atomic mass is 16.5. The Kier molecular flexibility index (Phi) is 4.59. The highest BCUT2D eigenvalue weighted by molar-refractivity contribution is 5.29. The minimum absolute atomic E-state index is 0.178. The van der Waals surface area contributed by atoms with Crippen molar-refractivity contribution in [2.75, 3.05) is 13.1 Å². The van der Waals surface area contributed by atoms with E-state index in [0.717, 1.165) is 12.4 Å². The number of rotatable bonds is 4. The SMILES string of the molecule is CCN1CCCC[C@@H]1c1cccnc1OC(C)C. The molecule has 2 rings (SSSR count). The lowest BCUT2D eigenvalue weighted by Crippen LogP contribution is -2.33. The van der Waals surface area contributed by atoms with Crippen molar-refractivity contribution < 1.29 is 4.74 Å². The van der Waals surface area contributed by atoms with Crippen LogP contribution in [0.4, 0.5) is 0 Å². The van der Waals surface area contributed by atoms with Crippen LogP contribution in [0.25, 0.3) is 0 Å². The van der Waals surface area contributed by atoms with Crippen LogP contribution in [0.5, 0.6) is 5.88 Å². The molecule has 1 saturated heterocycles. The molecule has 0 aromatic carbocycles. The topological polar surface area (TPSA) is 25.4 Å². The molecule has 3 heteroatoms. The van der Waals surface area contributed by atoms with Gasteiger partial charge in [-0.2, -0.15) is 0 Å². The van der Waals surface area contributed by atoms with Crippen molar-refractivity contribution >= 4 is 0 Å². The molecule has 1 aliphatic rings. The van der Waals surface area contributed by atoms with Gasteiger partial charge in [0.2, 0.25) is 5.88 Å². The summed E-state index contributed by atoms with van der Waals surface area (Å²) in [7, 11) is 0. The van der Waals surface area contributed by atoms with Crippen molar-refractivity contribution in [3.63, 3.8) is 0 Å². The number of hydrogen-bond acceptors (Lipinski definition) is 3. The van der Waals surface area contributed by atoms with E-state index in [1.807, 2.05) is 12.3 Å². The summed E-state index contributed by atoms with van der Waals surface area (Å²) in [6.07, 6.45) is 5.83. The van der Waals surface area contributed by atoms with Crippen LogP contribution in [0.15, 0.2) is 18.3 Å². The predicted octanol–water partition coefficient (Wildman–Crippen LogP) is 3.42. The first-order chi connectivity index (χ1) is 8.72. The Labute approximate surface area is 110 Å². The number of piperidine rings is 1. The summed E-state index contributed by atoms with van der Waals surface area (Å²) in [5.74, 6) is 0.817. The van der Waals surface area contributed by atoms with Crippen molar-refractivity contribution in [1.82, 2.24) is 9.88 Å². The molecule has 0 radical (unpaired) electrons. The summed E-state index contributed by atoms with van der Waals surface area (Å²) >= 11 is 0. The monoisotopic (exact) mass is 248 g/mol. The van der Waals surface area contributed by atoms with Crippen LogP contribution in [-0.4, -0.2) is 29.1 Å². The van der Waals surface area contributed by atoms with Crippen molar-refractivity contribution in [2.24, 2.45) is 0 Å². The second-order valence-electron chi connectivity index (χ2n) is 5.20. The van der Waals surface area contributed by atoms with E-state index >= 15 is 0 Å². The molecule has 0 N–H and O–H groups in total. The van der Waals surface area contributed by atoms with Gasteiger partial charge >= 0.3 is 0 Å². The number of likely N-dealkylation sites (tertiary alicyclic amines) is 1. The summed E-state index contributed by atoms with van der Waals surface area (Å²) in [6, 6.07) is 4.67. The molecule has 100 valence electrons. The van der Waals surface area contributed by atoms with Crippen molar-refractivity contribution in [3.8, 4) is 5.88 Å². The normalized spacial score (nSPS) is 21.2. The maximum atomic E-state index is 5.85. The molecule has 0 saturated carbocycles. The molecule has 0 unspecified atom stereocenters. The van der Waals surface area contributed by atoms with Crippen LogP contribution < -0.4 is 4.74 Å². The van der Waals surface area contributed by atoms with Crippen molar-refractivity contribution in [3.05, 3.63) is 23.9 Å². The van der Waals surface area contributed by atoms with Crippen molar-refractivity contribution in [1.29, 1.82) is 0 Å². The highest BCUT2D eigenvalue weighted by Gasteiger charge is 2.25. The molecule has 0 spiro atoms. The van der Waals surface area contributed by atoms with Crippen LogP contribution in [0.1, 0.15) is 51.6 Å². The van der Waals surface area contributed by atoms with Gasteiger partial charge in [0.15, 0.2) is 0 Å². The second-order valence-corrected chi connectivity index (χ2v) is 5.20. The van der Waals surface area contributed by atoms with Gasteiger partial charge < -0.3 is 4.74 Å². The largest absolute Gasteiger partial charge is 0.475 e. The van der Waals surface area contributed by atoms with Gasteiger partial charge in [-0.05, 0) is 45.8 Å². The molecule has 1 aromatic rings. The van der Waals surface area contributed by atoms with E-state index in [0.29, 0.717) is 6.04 Å². The molecule has 1 aliphatic heterocycles. The van der Waals surface area contributed by atoms with Gasteiger partial charge in [-0.3, -0.25) is 4.90 Å². The standard InChI is InChI=1S/C15H24N2O/c1-4-17-11-6-5-9-14(17)13-8-7-10-16-15(13)18-12(2)3/h7-8,10,12,14H,4-6,9,11H2,1-3H3/t14-/m1/s1. The number of nitrogens with zero attached hydrogens (tertiary/aromatic N) is 2. The average Bonchev–Trinajstić information content (AvgIpc) is 2.39. The lowest BCUT2D eigenvalue weighted by atomic mass is 9.96. The zero-order valence-corrected chi connectivity index (χ0v) is 11.7. The molecular formula is C15H24N2O. The van der Waals surface area contributed by atoms with E-state index in [9.17, 15) is 0 Å². The Morgan fingerprint density at radius 2 is 2.28 bits per heavy atom. The third kappa shape index (κ3) is 3.02. The van der Waals surface area contributed by atoms with Gasteiger partial charge in [0.1, 0.15) is 0 Å². The average molecular weight is 248 g/mol. The van der Waals surface area contributed by atoms with Crippen LogP contribution in [-0.2, 0) is 0 Å². The number of ether oxygens (including phenoxy) is 1. The summed E-state index contributed by atoms with van der Waals surface area (Å²) in [5, 5.41) is 0. The molecular weight excluding hydrogens is 224 g/mol. The van der Waals surface area contributed by atoms with Gasteiger partial charge in [0.05, 0.1) is 6.10 Å². The maximum Gasteiger partial charge on any atom is 0.218 e. The van der Waals surface area contributed by atoms with Crippen LogP contribution >= 0.6 is 0 Å². The molecule has 1 atom stereocenters. The fourth-order valence-corrected chi connectivity index (χ4v) is 2.70. The second kappa shape index (κ2) is 6.19. The van der Waals surface area contributed by atoms with E-state index in [1.54, 1.807) is 0 Å². The Bertz CT molecular complexity index is 379. The molecule has 2 heterocycles. The summed E-state index contributed by atoms with van der Waals surface area (Å²) < 4.78 is 5.85. The number of pyridine rings is 1. The lowest BCUT2D eigenvalue weighted by Gasteiger charge is -2.35. The minimum atomic E-state index is 0.178. The lowest BCUT2D eigenvalue weighted by molar-refractivity contribution is 0.148. The number of hydrogen-bond donors (Lipinski definition) is 0. The molecule has 1 fully saturated rings. The first kappa shape index (κ1) is 13.3. The Morgan fingerprint density at radius 3 is 3.00 bits per heavy atom. The third-order valence-electron chi connectivity index (χ3n) is 3.53. The van der Waals surface area contributed by atoms with Gasteiger partial charge in [-0.1, -0.05) is 19.4 Å². The number of aromatic nitrogens is 1. The summed E-state index contributed by atoms with van der Waals surface area (Å²) in [4.78, 5) is 6.95. The minimum Gasteiger partial charge on any atom is -0.475 e.